The van der Waals surface area contributed by atoms with Crippen molar-refractivity contribution in [3.05, 3.63) is 35.4 Å². The van der Waals surface area contributed by atoms with Gasteiger partial charge in [-0.05, 0) is 62.2 Å². The van der Waals surface area contributed by atoms with Gasteiger partial charge in [-0.1, -0.05) is 30.7 Å². The van der Waals surface area contributed by atoms with E-state index in [-0.39, 0.29) is 0 Å². The lowest BCUT2D eigenvalue weighted by molar-refractivity contribution is 0.142. The molecular weight excluding hydrogens is 225 g/mol. The van der Waals surface area contributed by atoms with Crippen LogP contribution in [0.5, 0.6) is 0 Å². The third kappa shape index (κ3) is 2.18. The highest BCUT2D eigenvalue weighted by molar-refractivity contribution is 5.36. The van der Waals surface area contributed by atoms with Crippen molar-refractivity contribution in [3.8, 4) is 0 Å². The fourth-order valence-electron chi connectivity index (χ4n) is 3.28. The van der Waals surface area contributed by atoms with Crippen LogP contribution in [0.1, 0.15) is 55.6 Å². The van der Waals surface area contributed by atoms with E-state index in [0.29, 0.717) is 18.8 Å². The van der Waals surface area contributed by atoms with Gasteiger partial charge in [0, 0.05) is 0 Å². The summed E-state index contributed by atoms with van der Waals surface area (Å²) in [6.45, 7) is 1.76. The summed E-state index contributed by atoms with van der Waals surface area (Å²) >= 11 is 0. The average molecular weight is 247 g/mol. The van der Waals surface area contributed by atoms with Crippen molar-refractivity contribution in [2.24, 2.45) is 0 Å². The smallest absolute Gasteiger partial charge is 0.137 e. The zero-order valence-electron chi connectivity index (χ0n) is 10.9. The maximum atomic E-state index is 15.3. The molecule has 1 heterocycles. The minimum absolute atomic E-state index is 0.616. The van der Waals surface area contributed by atoms with Crippen molar-refractivity contribution < 1.29 is 4.39 Å². The highest BCUT2D eigenvalue weighted by Crippen LogP contribution is 2.44. The molecule has 0 bridgehead atoms. The van der Waals surface area contributed by atoms with E-state index in [4.69, 9.17) is 0 Å². The van der Waals surface area contributed by atoms with Gasteiger partial charge in [-0.3, -0.25) is 0 Å². The molecule has 1 N–H and O–H groups in total. The maximum Gasteiger partial charge on any atom is 0.137 e. The second-order valence-electron chi connectivity index (χ2n) is 5.78. The van der Waals surface area contributed by atoms with Gasteiger partial charge in [0.05, 0.1) is 0 Å². The van der Waals surface area contributed by atoms with Crippen LogP contribution in [0, 0.1) is 0 Å². The van der Waals surface area contributed by atoms with Crippen LogP contribution in [0.4, 0.5) is 4.39 Å². The molecule has 0 spiro atoms. The van der Waals surface area contributed by atoms with Crippen LogP contribution in [0.2, 0.25) is 0 Å². The number of benzene rings is 1. The van der Waals surface area contributed by atoms with E-state index in [1.165, 1.54) is 24.8 Å². The zero-order chi connectivity index (χ0) is 12.4. The van der Waals surface area contributed by atoms with Gasteiger partial charge in [-0.15, -0.1) is 0 Å². The normalized spacial score (nSPS) is 29.6. The molecule has 1 saturated heterocycles. The molecule has 1 aromatic carbocycles. The van der Waals surface area contributed by atoms with Crippen LogP contribution < -0.4 is 5.32 Å². The summed E-state index contributed by atoms with van der Waals surface area (Å²) < 4.78 is 15.3. The lowest BCUT2D eigenvalue weighted by atomic mass is 9.74. The second-order valence-corrected chi connectivity index (χ2v) is 5.78. The van der Waals surface area contributed by atoms with Crippen molar-refractivity contribution in [2.45, 2.75) is 50.1 Å². The van der Waals surface area contributed by atoms with Gasteiger partial charge < -0.3 is 5.32 Å². The Morgan fingerprint density at radius 2 is 1.89 bits per heavy atom. The van der Waals surface area contributed by atoms with Crippen LogP contribution >= 0.6 is 0 Å². The first kappa shape index (κ1) is 12.2. The highest BCUT2D eigenvalue weighted by atomic mass is 19.1. The van der Waals surface area contributed by atoms with E-state index < -0.39 is 5.67 Å². The summed E-state index contributed by atoms with van der Waals surface area (Å²) in [5.74, 6) is 0.616. The Balaban J connectivity index is 1.93. The minimum Gasteiger partial charge on any atom is -0.317 e. The van der Waals surface area contributed by atoms with Gasteiger partial charge in [0.2, 0.25) is 0 Å². The van der Waals surface area contributed by atoms with Crippen LogP contribution in [0.15, 0.2) is 24.3 Å². The van der Waals surface area contributed by atoms with Gasteiger partial charge >= 0.3 is 0 Å². The summed E-state index contributed by atoms with van der Waals surface area (Å²) in [4.78, 5) is 0. The van der Waals surface area contributed by atoms with E-state index in [1.807, 2.05) is 12.1 Å². The Morgan fingerprint density at radius 1 is 1.06 bits per heavy atom. The van der Waals surface area contributed by atoms with Crippen LogP contribution in [0.25, 0.3) is 0 Å². The van der Waals surface area contributed by atoms with Gasteiger partial charge in [-0.25, -0.2) is 4.39 Å². The molecule has 2 heteroatoms. The number of alkyl halides is 1. The summed E-state index contributed by atoms with van der Waals surface area (Å²) in [5, 5.41) is 3.31. The molecule has 18 heavy (non-hydrogen) atoms. The molecule has 0 aromatic heterocycles. The first-order chi connectivity index (χ1) is 8.80. The number of hydrogen-bond acceptors (Lipinski definition) is 1. The molecule has 1 saturated carbocycles. The summed E-state index contributed by atoms with van der Waals surface area (Å²) in [6.07, 6.45) is 6.02. The Bertz CT molecular complexity index is 403. The fourth-order valence-corrected chi connectivity index (χ4v) is 3.28. The Hall–Kier alpha value is -0.890. The molecular formula is C16H22FN. The van der Waals surface area contributed by atoms with Gasteiger partial charge in [-0.2, -0.15) is 0 Å². The van der Waals surface area contributed by atoms with Crippen LogP contribution in [-0.2, 0) is 5.67 Å². The third-order valence-corrected chi connectivity index (χ3v) is 4.61. The van der Waals surface area contributed by atoms with Crippen molar-refractivity contribution >= 4 is 0 Å². The molecule has 2 aliphatic rings. The van der Waals surface area contributed by atoms with Crippen molar-refractivity contribution in [1.82, 2.24) is 5.32 Å². The standard InChI is InChI=1S/C16H22FN/c17-16(9-4-11-18-12-10-16)15-8-2-1-7-14(15)13-5-3-6-13/h1-2,7-8,13,18H,3-6,9-12H2. The monoisotopic (exact) mass is 247 g/mol. The number of halogens is 1. The SMILES string of the molecule is FC1(c2ccccc2C2CCC2)CCCNCC1. The third-order valence-electron chi connectivity index (χ3n) is 4.61. The number of hydrogen-bond donors (Lipinski definition) is 1. The van der Waals surface area contributed by atoms with Crippen molar-refractivity contribution in [1.29, 1.82) is 0 Å². The second kappa shape index (κ2) is 5.00. The highest BCUT2D eigenvalue weighted by Gasteiger charge is 2.36. The van der Waals surface area contributed by atoms with E-state index in [0.717, 1.165) is 25.1 Å². The average Bonchev–Trinajstić information content (AvgIpc) is 2.53. The van der Waals surface area contributed by atoms with Crippen LogP contribution in [-0.4, -0.2) is 13.1 Å². The Labute approximate surface area is 109 Å². The van der Waals surface area contributed by atoms with Gasteiger partial charge in [0.15, 0.2) is 0 Å². The van der Waals surface area contributed by atoms with Gasteiger partial charge in [0.25, 0.3) is 0 Å². The molecule has 2 fully saturated rings. The molecule has 1 nitrogen and oxygen atoms in total. The zero-order valence-corrected chi connectivity index (χ0v) is 10.9. The molecule has 1 atom stereocenters. The molecule has 3 rings (SSSR count). The predicted molar refractivity (Wildman–Crippen MR) is 72.5 cm³/mol. The van der Waals surface area contributed by atoms with E-state index >= 15 is 4.39 Å². The molecule has 1 aromatic rings. The molecule has 98 valence electrons. The Morgan fingerprint density at radius 3 is 2.67 bits per heavy atom. The molecule has 1 aliphatic carbocycles. The lowest BCUT2D eigenvalue weighted by Gasteiger charge is -2.33. The van der Waals surface area contributed by atoms with E-state index in [1.54, 1.807) is 0 Å². The summed E-state index contributed by atoms with van der Waals surface area (Å²) in [5.41, 5.74) is 1.17. The van der Waals surface area contributed by atoms with E-state index in [2.05, 4.69) is 17.4 Å². The first-order valence-electron chi connectivity index (χ1n) is 7.29. The van der Waals surface area contributed by atoms with Crippen LogP contribution in [0.3, 0.4) is 0 Å². The topological polar surface area (TPSA) is 12.0 Å². The molecule has 1 aliphatic heterocycles. The largest absolute Gasteiger partial charge is 0.317 e. The summed E-state index contributed by atoms with van der Waals surface area (Å²) in [7, 11) is 0. The fraction of sp³-hybridized carbons (Fsp3) is 0.625. The molecule has 0 radical (unpaired) electrons. The van der Waals surface area contributed by atoms with Gasteiger partial charge in [0.1, 0.15) is 5.67 Å². The predicted octanol–water partition coefficient (Wildman–Crippen LogP) is 3.89. The maximum absolute atomic E-state index is 15.3. The minimum atomic E-state index is -1.10. The number of rotatable bonds is 2. The number of nitrogens with one attached hydrogen (secondary N) is 1. The van der Waals surface area contributed by atoms with E-state index in [9.17, 15) is 0 Å². The quantitative estimate of drug-likeness (QED) is 0.836. The van der Waals surface area contributed by atoms with Crippen molar-refractivity contribution in [3.63, 3.8) is 0 Å². The first-order valence-corrected chi connectivity index (χ1v) is 7.29. The van der Waals surface area contributed by atoms with Crippen molar-refractivity contribution in [2.75, 3.05) is 13.1 Å². The molecule has 0 amide bonds. The summed E-state index contributed by atoms with van der Waals surface area (Å²) in [6, 6.07) is 8.24. The Kier molecular flexibility index (Phi) is 3.38. The lowest BCUT2D eigenvalue weighted by Crippen LogP contribution is -2.25. The molecule has 1 unspecified atom stereocenters.